The quantitative estimate of drug-likeness (QED) is 0.426. The molecule has 0 aliphatic rings. The SMILES string of the molecule is C=CCn1c(=O)n(CC=C)c(=O)n(CC(=O)c2cc(C)n(C(C)COC)c2C)c1=O. The summed E-state index contributed by atoms with van der Waals surface area (Å²) >= 11 is 0. The van der Waals surface area contributed by atoms with Crippen LogP contribution in [0.3, 0.4) is 0 Å². The number of ketones is 1. The highest BCUT2D eigenvalue weighted by Crippen LogP contribution is 2.21. The molecule has 162 valence electrons. The molecule has 0 aliphatic heterocycles. The van der Waals surface area contributed by atoms with Gasteiger partial charge in [0.15, 0.2) is 5.78 Å². The van der Waals surface area contributed by atoms with E-state index in [0.29, 0.717) is 12.2 Å². The number of ether oxygens (including phenoxy) is 1. The molecular weight excluding hydrogens is 388 g/mol. The van der Waals surface area contributed by atoms with Crippen LogP contribution in [0.1, 0.15) is 34.7 Å². The maximum atomic E-state index is 13.0. The second-order valence-corrected chi connectivity index (χ2v) is 7.11. The summed E-state index contributed by atoms with van der Waals surface area (Å²) in [6, 6.07) is 1.75. The number of rotatable bonds is 10. The number of nitrogens with zero attached hydrogens (tertiary/aromatic N) is 4. The molecule has 0 fully saturated rings. The lowest BCUT2D eigenvalue weighted by molar-refractivity contribution is 0.0965. The fourth-order valence-electron chi connectivity index (χ4n) is 3.67. The van der Waals surface area contributed by atoms with Crippen LogP contribution < -0.4 is 17.1 Å². The molecule has 1 atom stereocenters. The standard InChI is InChI=1S/C21H28N4O5/c1-7-9-22-19(27)23(10-8-2)21(29)24(20(22)28)12-18(26)17-11-14(3)25(16(17)5)15(4)13-30-6/h7-8,11,15H,1-2,9-10,12-13H2,3-6H3. The van der Waals surface area contributed by atoms with Crippen LogP contribution >= 0.6 is 0 Å². The number of aromatic nitrogens is 4. The Morgan fingerprint density at radius 3 is 2.00 bits per heavy atom. The molecule has 0 saturated carbocycles. The van der Waals surface area contributed by atoms with E-state index in [1.54, 1.807) is 13.2 Å². The van der Waals surface area contributed by atoms with Crippen molar-refractivity contribution in [2.45, 2.75) is 46.4 Å². The van der Waals surface area contributed by atoms with Gasteiger partial charge in [-0.1, -0.05) is 12.2 Å². The third-order valence-electron chi connectivity index (χ3n) is 4.94. The molecule has 9 nitrogen and oxygen atoms in total. The lowest BCUT2D eigenvalue weighted by atomic mass is 10.1. The summed E-state index contributed by atoms with van der Waals surface area (Å²) in [7, 11) is 1.61. The predicted octanol–water partition coefficient (Wildman–Crippen LogP) is 1.05. The van der Waals surface area contributed by atoms with Crippen LogP contribution in [0.4, 0.5) is 0 Å². The normalized spacial score (nSPS) is 12.0. The van der Waals surface area contributed by atoms with Crippen LogP contribution in [0.2, 0.25) is 0 Å². The van der Waals surface area contributed by atoms with E-state index in [4.69, 9.17) is 4.74 Å². The molecule has 0 spiro atoms. The Labute approximate surface area is 174 Å². The first-order chi connectivity index (χ1) is 14.2. The Balaban J connectivity index is 2.57. The zero-order valence-electron chi connectivity index (χ0n) is 17.9. The zero-order chi connectivity index (χ0) is 22.6. The Morgan fingerprint density at radius 2 is 1.53 bits per heavy atom. The smallest absolute Gasteiger partial charge is 0.337 e. The number of Topliss-reactive ketones (excluding diaryl/α,β-unsaturated/α-hetero) is 1. The summed E-state index contributed by atoms with van der Waals surface area (Å²) in [5, 5.41) is 0. The number of hydrogen-bond donors (Lipinski definition) is 0. The number of carbonyl (C=O) groups excluding carboxylic acids is 1. The topological polar surface area (TPSA) is 97.2 Å². The Bertz CT molecular complexity index is 1100. The van der Waals surface area contributed by atoms with E-state index in [1.165, 1.54) is 12.2 Å². The number of methoxy groups -OCH3 is 1. The highest BCUT2D eigenvalue weighted by atomic mass is 16.5. The van der Waals surface area contributed by atoms with Gasteiger partial charge in [-0.2, -0.15) is 0 Å². The molecule has 2 heterocycles. The van der Waals surface area contributed by atoms with E-state index < -0.39 is 29.4 Å². The van der Waals surface area contributed by atoms with Crippen molar-refractivity contribution in [1.82, 2.24) is 18.3 Å². The molecule has 0 N–H and O–H groups in total. The van der Waals surface area contributed by atoms with Crippen molar-refractivity contribution in [3.05, 3.63) is 79.8 Å². The average molecular weight is 416 g/mol. The third-order valence-corrected chi connectivity index (χ3v) is 4.94. The van der Waals surface area contributed by atoms with Crippen LogP contribution in [0, 0.1) is 13.8 Å². The van der Waals surface area contributed by atoms with Gasteiger partial charge in [-0.25, -0.2) is 28.1 Å². The molecule has 0 saturated heterocycles. The molecule has 2 aromatic heterocycles. The molecule has 30 heavy (non-hydrogen) atoms. The number of carbonyl (C=O) groups is 1. The van der Waals surface area contributed by atoms with E-state index in [2.05, 4.69) is 13.2 Å². The van der Waals surface area contributed by atoms with E-state index in [9.17, 15) is 19.2 Å². The fraction of sp³-hybridized carbons (Fsp3) is 0.429. The predicted molar refractivity (Wildman–Crippen MR) is 114 cm³/mol. The highest BCUT2D eigenvalue weighted by molar-refractivity contribution is 5.97. The second-order valence-electron chi connectivity index (χ2n) is 7.11. The molecular formula is C21H28N4O5. The van der Waals surface area contributed by atoms with Gasteiger partial charge in [-0.3, -0.25) is 4.79 Å². The van der Waals surface area contributed by atoms with Crippen LogP contribution in [-0.4, -0.2) is 37.8 Å². The Morgan fingerprint density at radius 1 is 1.03 bits per heavy atom. The minimum Gasteiger partial charge on any atom is -0.383 e. The zero-order valence-corrected chi connectivity index (χ0v) is 17.9. The van der Waals surface area contributed by atoms with Crippen molar-refractivity contribution in [2.24, 2.45) is 0 Å². The van der Waals surface area contributed by atoms with Gasteiger partial charge in [0.1, 0.15) is 0 Å². The molecule has 2 rings (SSSR count). The average Bonchev–Trinajstić information content (AvgIpc) is 3.00. The summed E-state index contributed by atoms with van der Waals surface area (Å²) in [6.07, 6.45) is 2.75. The van der Waals surface area contributed by atoms with Gasteiger partial charge in [-0.15, -0.1) is 13.2 Å². The van der Waals surface area contributed by atoms with Gasteiger partial charge in [0.25, 0.3) is 0 Å². The Kier molecular flexibility index (Phi) is 7.33. The van der Waals surface area contributed by atoms with E-state index in [1.807, 2.05) is 25.3 Å². The van der Waals surface area contributed by atoms with Crippen LogP contribution in [0.25, 0.3) is 0 Å². The highest BCUT2D eigenvalue weighted by Gasteiger charge is 2.22. The minimum atomic E-state index is -0.847. The lowest BCUT2D eigenvalue weighted by Crippen LogP contribution is -2.55. The van der Waals surface area contributed by atoms with Crippen LogP contribution in [-0.2, 0) is 24.4 Å². The Hall–Kier alpha value is -3.20. The minimum absolute atomic E-state index is 0.0126. The first-order valence-electron chi connectivity index (χ1n) is 9.56. The van der Waals surface area contributed by atoms with Gasteiger partial charge in [0.05, 0.1) is 32.3 Å². The molecule has 2 aromatic rings. The van der Waals surface area contributed by atoms with E-state index in [-0.39, 0.29) is 19.1 Å². The van der Waals surface area contributed by atoms with Crippen molar-refractivity contribution in [2.75, 3.05) is 13.7 Å². The second kappa shape index (κ2) is 9.53. The first-order valence-corrected chi connectivity index (χ1v) is 9.56. The van der Waals surface area contributed by atoms with Gasteiger partial charge >= 0.3 is 17.1 Å². The number of aryl methyl sites for hydroxylation is 1. The summed E-state index contributed by atoms with van der Waals surface area (Å²) in [5.41, 5.74) is -0.451. The number of allylic oxidation sites excluding steroid dienone is 2. The van der Waals surface area contributed by atoms with Crippen molar-refractivity contribution >= 4 is 5.78 Å². The van der Waals surface area contributed by atoms with Gasteiger partial charge in [-0.05, 0) is 26.8 Å². The van der Waals surface area contributed by atoms with E-state index >= 15 is 0 Å². The summed E-state index contributed by atoms with van der Waals surface area (Å²) < 4.78 is 9.70. The molecule has 9 heteroatoms. The van der Waals surface area contributed by atoms with Gasteiger partial charge in [0, 0.05) is 24.1 Å². The van der Waals surface area contributed by atoms with Crippen molar-refractivity contribution < 1.29 is 9.53 Å². The third kappa shape index (κ3) is 4.20. The molecule has 1 unspecified atom stereocenters. The molecule has 0 radical (unpaired) electrons. The fourth-order valence-corrected chi connectivity index (χ4v) is 3.67. The van der Waals surface area contributed by atoms with Crippen LogP contribution in [0.5, 0.6) is 0 Å². The summed E-state index contributed by atoms with van der Waals surface area (Å²) in [4.78, 5) is 51.0. The monoisotopic (exact) mass is 416 g/mol. The molecule has 0 aliphatic carbocycles. The van der Waals surface area contributed by atoms with Crippen LogP contribution in [0.15, 0.2) is 45.8 Å². The van der Waals surface area contributed by atoms with Gasteiger partial charge < -0.3 is 9.30 Å². The van der Waals surface area contributed by atoms with Gasteiger partial charge in [0.2, 0.25) is 0 Å². The lowest BCUT2D eigenvalue weighted by Gasteiger charge is -2.17. The first kappa shape index (κ1) is 23.1. The maximum Gasteiger partial charge on any atom is 0.337 e. The number of hydrogen-bond acceptors (Lipinski definition) is 5. The molecule has 0 aromatic carbocycles. The molecule has 0 amide bonds. The van der Waals surface area contributed by atoms with E-state index in [0.717, 1.165) is 25.1 Å². The summed E-state index contributed by atoms with van der Waals surface area (Å²) in [5.74, 6) is -0.396. The molecule has 0 bridgehead atoms. The van der Waals surface area contributed by atoms with Crippen molar-refractivity contribution in [3.63, 3.8) is 0 Å². The maximum absolute atomic E-state index is 13.0. The van der Waals surface area contributed by atoms with Crippen molar-refractivity contribution in [3.8, 4) is 0 Å². The summed E-state index contributed by atoms with van der Waals surface area (Å²) in [6.45, 7) is 12.6. The van der Waals surface area contributed by atoms with Crippen molar-refractivity contribution in [1.29, 1.82) is 0 Å². The largest absolute Gasteiger partial charge is 0.383 e.